The van der Waals surface area contributed by atoms with E-state index < -0.39 is 0 Å². The largest absolute Gasteiger partial charge is 0.369 e. The molecule has 1 amide bonds. The van der Waals surface area contributed by atoms with Gasteiger partial charge in [-0.1, -0.05) is 19.3 Å². The Morgan fingerprint density at radius 1 is 1.21 bits per heavy atom. The average Bonchev–Trinajstić information content (AvgIpc) is 3.30. The molecule has 24 heavy (non-hydrogen) atoms. The number of carbonyl (C=O) groups is 1. The second kappa shape index (κ2) is 6.51. The van der Waals surface area contributed by atoms with Gasteiger partial charge in [0.15, 0.2) is 5.69 Å². The highest BCUT2D eigenvalue weighted by molar-refractivity contribution is 5.94. The van der Waals surface area contributed by atoms with Crippen LogP contribution in [0.1, 0.15) is 86.6 Å². The van der Waals surface area contributed by atoms with Gasteiger partial charge in [0.25, 0.3) is 5.91 Å². The van der Waals surface area contributed by atoms with Crippen LogP contribution in [0.25, 0.3) is 0 Å². The quantitative estimate of drug-likeness (QED) is 0.917. The number of rotatable bonds is 4. The van der Waals surface area contributed by atoms with Gasteiger partial charge in [-0.3, -0.25) is 9.89 Å². The summed E-state index contributed by atoms with van der Waals surface area (Å²) in [7, 11) is 0. The molecule has 4 rings (SSSR count). The van der Waals surface area contributed by atoms with Crippen LogP contribution in [0.4, 0.5) is 0 Å². The van der Waals surface area contributed by atoms with Gasteiger partial charge in [-0.2, -0.15) is 5.10 Å². The van der Waals surface area contributed by atoms with Crippen molar-refractivity contribution < 1.29 is 9.53 Å². The number of nitrogens with zero attached hydrogens (tertiary/aromatic N) is 2. The number of hydrogen-bond donors (Lipinski definition) is 1. The van der Waals surface area contributed by atoms with E-state index in [9.17, 15) is 4.79 Å². The van der Waals surface area contributed by atoms with Crippen molar-refractivity contribution in [2.45, 2.75) is 83.5 Å². The van der Waals surface area contributed by atoms with E-state index in [4.69, 9.17) is 4.74 Å². The molecule has 1 aliphatic heterocycles. The minimum Gasteiger partial charge on any atom is -0.369 e. The minimum absolute atomic E-state index is 0.00985. The third-order valence-corrected chi connectivity index (χ3v) is 5.86. The van der Waals surface area contributed by atoms with Crippen LogP contribution in [-0.2, 0) is 11.2 Å². The van der Waals surface area contributed by atoms with E-state index in [0.717, 1.165) is 37.1 Å². The molecule has 0 unspecified atom stereocenters. The fraction of sp³-hybridized carbons (Fsp3) is 0.789. The second-order valence-corrected chi connectivity index (χ2v) is 7.95. The molecule has 5 heteroatoms. The molecule has 1 aromatic heterocycles. The van der Waals surface area contributed by atoms with Crippen molar-refractivity contribution in [1.29, 1.82) is 0 Å². The molecule has 5 nitrogen and oxygen atoms in total. The number of ether oxygens (including phenoxy) is 1. The number of fused-ring (bicyclic) bond motifs is 1. The Balaban J connectivity index is 1.60. The maximum absolute atomic E-state index is 13.4. The monoisotopic (exact) mass is 331 g/mol. The lowest BCUT2D eigenvalue weighted by Gasteiger charge is -2.34. The summed E-state index contributed by atoms with van der Waals surface area (Å²) in [6.45, 7) is 5.03. The molecule has 0 bridgehead atoms. The summed E-state index contributed by atoms with van der Waals surface area (Å²) in [5.74, 6) is 0.861. The van der Waals surface area contributed by atoms with Crippen LogP contribution in [0, 0.1) is 5.92 Å². The maximum Gasteiger partial charge on any atom is 0.274 e. The molecular weight excluding hydrogens is 302 g/mol. The molecule has 2 aliphatic carbocycles. The van der Waals surface area contributed by atoms with E-state index in [2.05, 4.69) is 22.0 Å². The number of aromatic amines is 1. The summed E-state index contributed by atoms with van der Waals surface area (Å²) in [5.41, 5.74) is 2.73. The van der Waals surface area contributed by atoms with Crippen molar-refractivity contribution >= 4 is 5.91 Å². The highest BCUT2D eigenvalue weighted by Gasteiger charge is 2.36. The first-order chi connectivity index (χ1) is 11.6. The lowest BCUT2D eigenvalue weighted by molar-refractivity contribution is -0.00705. The first-order valence-corrected chi connectivity index (χ1v) is 9.67. The molecular formula is C19H29N3O2. The fourth-order valence-electron chi connectivity index (χ4n) is 4.36. The summed E-state index contributed by atoms with van der Waals surface area (Å²) >= 11 is 0. The molecule has 132 valence electrons. The summed E-state index contributed by atoms with van der Waals surface area (Å²) < 4.78 is 5.86. The van der Waals surface area contributed by atoms with Crippen LogP contribution in [0.3, 0.4) is 0 Å². The molecule has 3 aliphatic rings. The van der Waals surface area contributed by atoms with Gasteiger partial charge in [-0.05, 0) is 45.4 Å². The van der Waals surface area contributed by atoms with E-state index in [0.29, 0.717) is 17.7 Å². The van der Waals surface area contributed by atoms with Gasteiger partial charge in [0.1, 0.15) is 0 Å². The molecule has 0 aromatic carbocycles. The van der Waals surface area contributed by atoms with E-state index in [1.165, 1.54) is 32.1 Å². The van der Waals surface area contributed by atoms with Gasteiger partial charge in [0.05, 0.1) is 17.9 Å². The topological polar surface area (TPSA) is 58.2 Å². The average molecular weight is 331 g/mol. The zero-order chi connectivity index (χ0) is 16.7. The molecule has 1 N–H and O–H groups in total. The van der Waals surface area contributed by atoms with Gasteiger partial charge in [-0.25, -0.2) is 0 Å². The Morgan fingerprint density at radius 3 is 2.67 bits per heavy atom. The summed E-state index contributed by atoms with van der Waals surface area (Å²) in [5, 5.41) is 7.51. The predicted octanol–water partition coefficient (Wildman–Crippen LogP) is 3.62. The summed E-state index contributed by atoms with van der Waals surface area (Å²) in [4.78, 5) is 15.5. The molecule has 2 fully saturated rings. The van der Waals surface area contributed by atoms with Gasteiger partial charge < -0.3 is 9.64 Å². The molecule has 2 saturated carbocycles. The number of aromatic nitrogens is 2. The Morgan fingerprint density at radius 2 is 1.96 bits per heavy atom. The fourth-order valence-corrected chi connectivity index (χ4v) is 4.36. The summed E-state index contributed by atoms with van der Waals surface area (Å²) in [6.07, 6.45) is 9.58. The number of amides is 1. The zero-order valence-corrected chi connectivity index (χ0v) is 14.9. The molecule has 2 heterocycles. The van der Waals surface area contributed by atoms with E-state index in [1.54, 1.807) is 0 Å². The zero-order valence-electron chi connectivity index (χ0n) is 14.9. The number of H-pyrrole nitrogens is 1. The van der Waals surface area contributed by atoms with Crippen molar-refractivity contribution in [3.8, 4) is 0 Å². The number of hydrogen-bond acceptors (Lipinski definition) is 3. The van der Waals surface area contributed by atoms with Crippen molar-refractivity contribution in [3.63, 3.8) is 0 Å². The van der Waals surface area contributed by atoms with Crippen molar-refractivity contribution in [3.05, 3.63) is 17.0 Å². The van der Waals surface area contributed by atoms with Crippen LogP contribution in [0.15, 0.2) is 0 Å². The molecule has 0 spiro atoms. The Hall–Kier alpha value is -1.36. The summed E-state index contributed by atoms with van der Waals surface area (Å²) in [6, 6.07) is 0.411. The standard InChI is InChI=1S/C19H29N3O2/c1-12-10-16-17(13(2)24-12)20-21-18(16)19(23)22(11-14-8-9-14)15-6-4-3-5-7-15/h12-15H,3-11H2,1-2H3,(H,20,21)/t12-,13+/m1/s1. The maximum atomic E-state index is 13.4. The minimum atomic E-state index is -0.00985. The first-order valence-electron chi connectivity index (χ1n) is 9.67. The third kappa shape index (κ3) is 3.10. The Bertz CT molecular complexity index is 602. The first kappa shape index (κ1) is 16.1. The highest BCUT2D eigenvalue weighted by atomic mass is 16.5. The normalized spacial score (nSPS) is 27.8. The molecule has 0 radical (unpaired) electrons. The van der Waals surface area contributed by atoms with Gasteiger partial charge in [0, 0.05) is 24.6 Å². The SMILES string of the molecule is C[C@@H]1Cc2c(C(=O)N(CC3CC3)C3CCCCC3)n[nH]c2[C@H](C)O1. The lowest BCUT2D eigenvalue weighted by Crippen LogP contribution is -2.43. The van der Waals surface area contributed by atoms with Crippen LogP contribution in [0.2, 0.25) is 0 Å². The van der Waals surface area contributed by atoms with Crippen LogP contribution < -0.4 is 0 Å². The van der Waals surface area contributed by atoms with Crippen molar-refractivity contribution in [1.82, 2.24) is 15.1 Å². The lowest BCUT2D eigenvalue weighted by atomic mass is 9.93. The smallest absolute Gasteiger partial charge is 0.274 e. The molecule has 0 saturated heterocycles. The van der Waals surface area contributed by atoms with Crippen LogP contribution in [-0.4, -0.2) is 39.7 Å². The van der Waals surface area contributed by atoms with E-state index >= 15 is 0 Å². The highest BCUT2D eigenvalue weighted by Crippen LogP contribution is 2.35. The van der Waals surface area contributed by atoms with E-state index in [-0.39, 0.29) is 18.1 Å². The van der Waals surface area contributed by atoms with Gasteiger partial charge in [-0.15, -0.1) is 0 Å². The van der Waals surface area contributed by atoms with Crippen LogP contribution in [0.5, 0.6) is 0 Å². The number of carbonyl (C=O) groups excluding carboxylic acids is 1. The van der Waals surface area contributed by atoms with Gasteiger partial charge in [0.2, 0.25) is 0 Å². The van der Waals surface area contributed by atoms with Crippen molar-refractivity contribution in [2.75, 3.05) is 6.54 Å². The molecule has 2 atom stereocenters. The molecule has 1 aromatic rings. The third-order valence-electron chi connectivity index (χ3n) is 5.86. The second-order valence-electron chi connectivity index (χ2n) is 7.95. The van der Waals surface area contributed by atoms with Crippen molar-refractivity contribution in [2.24, 2.45) is 5.92 Å². The van der Waals surface area contributed by atoms with E-state index in [1.807, 2.05) is 6.92 Å². The Labute approximate surface area is 144 Å². The predicted molar refractivity (Wildman–Crippen MR) is 91.9 cm³/mol. The Kier molecular flexibility index (Phi) is 4.37. The number of nitrogens with one attached hydrogen (secondary N) is 1. The van der Waals surface area contributed by atoms with Gasteiger partial charge >= 0.3 is 0 Å². The van der Waals surface area contributed by atoms with Crippen LogP contribution >= 0.6 is 0 Å².